The van der Waals surface area contributed by atoms with Crippen LogP contribution in [0.2, 0.25) is 0 Å². The molecule has 1 aliphatic heterocycles. The zero-order valence-electron chi connectivity index (χ0n) is 16.6. The molecule has 0 bridgehead atoms. The molecule has 0 saturated carbocycles. The van der Waals surface area contributed by atoms with Gasteiger partial charge in [-0.15, -0.1) is 0 Å². The Bertz CT molecular complexity index is 1210. The van der Waals surface area contributed by atoms with Crippen LogP contribution in [-0.2, 0) is 13.6 Å². The molecule has 4 aromatic rings. The third-order valence-corrected chi connectivity index (χ3v) is 5.87. The number of pyridine rings is 1. The highest BCUT2D eigenvalue weighted by Crippen LogP contribution is 2.23. The van der Waals surface area contributed by atoms with Crippen molar-refractivity contribution in [3.63, 3.8) is 0 Å². The maximum Gasteiger partial charge on any atom is 0.256 e. The largest absolute Gasteiger partial charge is 0.357 e. The monoisotopic (exact) mass is 388 g/mol. The number of rotatable bonds is 4. The van der Waals surface area contributed by atoms with Gasteiger partial charge < -0.3 is 10.3 Å². The number of amides is 1. The first-order chi connectivity index (χ1) is 14.1. The molecule has 3 aromatic heterocycles. The Morgan fingerprint density at radius 2 is 2.14 bits per heavy atom. The zero-order chi connectivity index (χ0) is 20.0. The van der Waals surface area contributed by atoms with Crippen molar-refractivity contribution >= 4 is 33.5 Å². The summed E-state index contributed by atoms with van der Waals surface area (Å²) in [4.78, 5) is 23.1. The van der Waals surface area contributed by atoms with Gasteiger partial charge in [-0.1, -0.05) is 0 Å². The van der Waals surface area contributed by atoms with Gasteiger partial charge in [-0.2, -0.15) is 5.10 Å². The van der Waals surface area contributed by atoms with Gasteiger partial charge in [0.2, 0.25) is 0 Å². The van der Waals surface area contributed by atoms with Gasteiger partial charge in [-0.05, 0) is 50.6 Å². The first-order valence-electron chi connectivity index (χ1n) is 10.0. The van der Waals surface area contributed by atoms with E-state index in [2.05, 4.69) is 38.3 Å². The van der Waals surface area contributed by atoms with Crippen LogP contribution in [0.25, 0.3) is 21.8 Å². The molecule has 0 radical (unpaired) electrons. The van der Waals surface area contributed by atoms with Crippen LogP contribution in [0.1, 0.15) is 35.8 Å². The highest BCUT2D eigenvalue weighted by atomic mass is 16.1. The summed E-state index contributed by atoms with van der Waals surface area (Å²) in [7, 11) is 1.89. The fourth-order valence-electron chi connectivity index (χ4n) is 4.18. The second-order valence-electron chi connectivity index (χ2n) is 7.91. The highest BCUT2D eigenvalue weighted by molar-refractivity contribution is 6.06. The molecule has 1 saturated heterocycles. The van der Waals surface area contributed by atoms with Crippen molar-refractivity contribution < 1.29 is 4.79 Å². The van der Waals surface area contributed by atoms with Gasteiger partial charge in [-0.3, -0.25) is 14.4 Å². The molecule has 0 aliphatic carbocycles. The summed E-state index contributed by atoms with van der Waals surface area (Å²) in [6.07, 6.45) is 6.10. The summed E-state index contributed by atoms with van der Waals surface area (Å²) in [6.45, 7) is 4.35. The molecule has 1 unspecified atom stereocenters. The van der Waals surface area contributed by atoms with Gasteiger partial charge in [0.05, 0.1) is 17.2 Å². The molecule has 7 nitrogen and oxygen atoms in total. The first-order valence-corrected chi connectivity index (χ1v) is 10.0. The van der Waals surface area contributed by atoms with Gasteiger partial charge >= 0.3 is 0 Å². The van der Waals surface area contributed by atoms with Gasteiger partial charge in [0.25, 0.3) is 5.91 Å². The summed E-state index contributed by atoms with van der Waals surface area (Å²) in [5.74, 6) is 0.358. The number of likely N-dealkylation sites (tertiary alicyclic amines) is 1. The van der Waals surface area contributed by atoms with E-state index < -0.39 is 0 Å². The molecule has 1 aromatic carbocycles. The number of anilines is 1. The Morgan fingerprint density at radius 3 is 2.97 bits per heavy atom. The highest BCUT2D eigenvalue weighted by Gasteiger charge is 2.20. The summed E-state index contributed by atoms with van der Waals surface area (Å²) in [5, 5.41) is 9.12. The van der Waals surface area contributed by atoms with Crippen molar-refractivity contribution in [2.75, 3.05) is 11.9 Å². The summed E-state index contributed by atoms with van der Waals surface area (Å²) in [5.41, 5.74) is 3.75. The number of fused-ring (bicyclic) bond motifs is 2. The Balaban J connectivity index is 1.34. The predicted octanol–water partition coefficient (Wildman–Crippen LogP) is 3.69. The Hall–Kier alpha value is -3.19. The molecule has 29 heavy (non-hydrogen) atoms. The molecule has 1 atom stereocenters. The lowest BCUT2D eigenvalue weighted by atomic mass is 10.1. The van der Waals surface area contributed by atoms with Crippen LogP contribution < -0.4 is 5.32 Å². The summed E-state index contributed by atoms with van der Waals surface area (Å²) < 4.78 is 1.79. The van der Waals surface area contributed by atoms with Crippen LogP contribution in [-0.4, -0.2) is 43.1 Å². The Kier molecular flexibility index (Phi) is 4.32. The fourth-order valence-corrected chi connectivity index (χ4v) is 4.18. The second kappa shape index (κ2) is 7.00. The average molecular weight is 388 g/mol. The maximum atomic E-state index is 12.7. The fraction of sp³-hybridized carbons (Fsp3) is 0.318. The van der Waals surface area contributed by atoms with E-state index in [4.69, 9.17) is 0 Å². The molecule has 5 rings (SSSR count). The van der Waals surface area contributed by atoms with E-state index in [-0.39, 0.29) is 5.91 Å². The van der Waals surface area contributed by atoms with Gasteiger partial charge in [0.15, 0.2) is 0 Å². The van der Waals surface area contributed by atoms with Crippen molar-refractivity contribution in [3.05, 3.63) is 54.0 Å². The molecule has 2 N–H and O–H groups in total. The van der Waals surface area contributed by atoms with Crippen molar-refractivity contribution in [3.8, 4) is 0 Å². The second-order valence-corrected chi connectivity index (χ2v) is 7.91. The summed E-state index contributed by atoms with van der Waals surface area (Å²) in [6, 6.07) is 10.2. The van der Waals surface area contributed by atoms with Crippen molar-refractivity contribution in [2.45, 2.75) is 32.4 Å². The zero-order valence-corrected chi connectivity index (χ0v) is 16.6. The van der Waals surface area contributed by atoms with E-state index in [1.165, 1.54) is 18.5 Å². The minimum Gasteiger partial charge on any atom is -0.357 e. The van der Waals surface area contributed by atoms with Gasteiger partial charge in [0.1, 0.15) is 5.82 Å². The standard InChI is InChI=1S/C22H24N6O/c1-14-4-3-7-28(14)13-18-9-16-11-23-21(10-19(16)25-18)26-22(29)15-5-6-20-17(8-15)12-24-27(20)2/h5-6,8-12,14,25H,3-4,7,13H2,1-2H3,(H,23,26,29). The number of H-pyrrole nitrogens is 1. The average Bonchev–Trinajstić information content (AvgIpc) is 3.41. The number of nitrogens with one attached hydrogen (secondary N) is 2. The lowest BCUT2D eigenvalue weighted by Gasteiger charge is -2.19. The van der Waals surface area contributed by atoms with Crippen LogP contribution in [0.3, 0.4) is 0 Å². The Labute approximate surface area is 168 Å². The van der Waals surface area contributed by atoms with Gasteiger partial charge in [0, 0.05) is 53.9 Å². The minimum atomic E-state index is -0.180. The molecule has 148 valence electrons. The van der Waals surface area contributed by atoms with Crippen molar-refractivity contribution in [1.82, 2.24) is 24.6 Å². The van der Waals surface area contributed by atoms with Crippen molar-refractivity contribution in [1.29, 1.82) is 0 Å². The topological polar surface area (TPSA) is 78.8 Å². The number of aromatic amines is 1. The lowest BCUT2D eigenvalue weighted by molar-refractivity contribution is 0.102. The molecular weight excluding hydrogens is 364 g/mol. The minimum absolute atomic E-state index is 0.180. The quantitative estimate of drug-likeness (QED) is 0.559. The van der Waals surface area contributed by atoms with Crippen LogP contribution in [0.15, 0.2) is 42.7 Å². The molecule has 0 spiro atoms. The number of nitrogens with zero attached hydrogens (tertiary/aromatic N) is 4. The van der Waals surface area contributed by atoms with Crippen LogP contribution >= 0.6 is 0 Å². The molecule has 1 amide bonds. The molecule has 1 aliphatic rings. The van der Waals surface area contributed by atoms with Gasteiger partial charge in [-0.25, -0.2) is 4.98 Å². The normalized spacial score (nSPS) is 17.4. The first kappa shape index (κ1) is 17.9. The predicted molar refractivity (Wildman–Crippen MR) is 114 cm³/mol. The van der Waals surface area contributed by atoms with E-state index in [9.17, 15) is 4.79 Å². The van der Waals surface area contributed by atoms with E-state index in [0.29, 0.717) is 17.4 Å². The third kappa shape index (κ3) is 3.38. The van der Waals surface area contributed by atoms with Crippen LogP contribution in [0.5, 0.6) is 0 Å². The molecule has 7 heteroatoms. The Morgan fingerprint density at radius 1 is 1.24 bits per heavy atom. The smallest absolute Gasteiger partial charge is 0.256 e. The van der Waals surface area contributed by atoms with Crippen LogP contribution in [0, 0.1) is 0 Å². The number of hydrogen-bond donors (Lipinski definition) is 2. The lowest BCUT2D eigenvalue weighted by Crippen LogP contribution is -2.26. The van der Waals surface area contributed by atoms with E-state index in [0.717, 1.165) is 34.9 Å². The van der Waals surface area contributed by atoms with Crippen molar-refractivity contribution in [2.24, 2.45) is 7.05 Å². The van der Waals surface area contributed by atoms with Crippen LogP contribution in [0.4, 0.5) is 5.82 Å². The summed E-state index contributed by atoms with van der Waals surface area (Å²) >= 11 is 0. The number of aryl methyl sites for hydroxylation is 1. The molecular formula is C22H24N6O. The SMILES string of the molecule is CC1CCCN1Cc1cc2cnc(NC(=O)c3ccc4c(cnn4C)c3)cc2[nH]1. The van der Waals surface area contributed by atoms with E-state index in [1.54, 1.807) is 10.9 Å². The molecule has 4 heterocycles. The number of hydrogen-bond acceptors (Lipinski definition) is 4. The number of carbonyl (C=O) groups excluding carboxylic acids is 1. The van der Waals surface area contributed by atoms with E-state index in [1.807, 2.05) is 37.5 Å². The third-order valence-electron chi connectivity index (χ3n) is 5.87. The number of aromatic nitrogens is 4. The molecule has 1 fully saturated rings. The maximum absolute atomic E-state index is 12.7. The number of carbonyl (C=O) groups is 1. The van der Waals surface area contributed by atoms with E-state index >= 15 is 0 Å². The number of benzene rings is 1.